The molecule has 6 nitrogen and oxygen atoms in total. The average Bonchev–Trinajstić information content (AvgIpc) is 2.62. The van der Waals surface area contributed by atoms with Crippen LogP contribution < -0.4 is 20.3 Å². The second-order valence-corrected chi connectivity index (χ2v) is 5.62. The Labute approximate surface area is 147 Å². The van der Waals surface area contributed by atoms with E-state index in [1.54, 1.807) is 31.2 Å². The molecule has 0 unspecified atom stereocenters. The lowest BCUT2D eigenvalue weighted by molar-refractivity contribution is -0.128. The monoisotopic (exact) mass is 342 g/mol. The molecule has 0 aromatic heterocycles. The molecule has 0 aliphatic heterocycles. The number of ether oxygens (including phenoxy) is 2. The maximum Gasteiger partial charge on any atom is 0.279 e. The van der Waals surface area contributed by atoms with Crippen LogP contribution in [-0.4, -0.2) is 25.0 Å². The maximum absolute atomic E-state index is 12.2. The number of methoxy groups -OCH3 is 1. The van der Waals surface area contributed by atoms with Crippen LogP contribution in [0.2, 0.25) is 0 Å². The van der Waals surface area contributed by atoms with Gasteiger partial charge < -0.3 is 9.47 Å². The number of hydrogen-bond donors (Lipinski definition) is 2. The van der Waals surface area contributed by atoms with Gasteiger partial charge >= 0.3 is 0 Å². The van der Waals surface area contributed by atoms with Crippen LogP contribution in [0.25, 0.3) is 0 Å². The molecular formula is C19H22N2O4. The highest BCUT2D eigenvalue weighted by Crippen LogP contribution is 2.23. The van der Waals surface area contributed by atoms with Crippen molar-refractivity contribution in [2.45, 2.75) is 26.9 Å². The molecule has 2 amide bonds. The van der Waals surface area contributed by atoms with Crippen LogP contribution in [0.4, 0.5) is 0 Å². The van der Waals surface area contributed by atoms with Crippen LogP contribution in [0.1, 0.15) is 28.4 Å². The van der Waals surface area contributed by atoms with Crippen LogP contribution in [0.3, 0.4) is 0 Å². The molecule has 0 aliphatic carbocycles. The van der Waals surface area contributed by atoms with E-state index in [-0.39, 0.29) is 0 Å². The van der Waals surface area contributed by atoms with Crippen LogP contribution in [0.15, 0.2) is 42.5 Å². The first-order valence-electron chi connectivity index (χ1n) is 7.90. The molecule has 6 heteroatoms. The standard InChI is InChI=1S/C19H22N2O4/c1-12-8-7-9-13(2)17(12)25-14(3)18(22)20-21-19(23)15-10-5-6-11-16(15)24-4/h5-11,14H,1-4H3,(H,20,22)(H,21,23)/t14-/m1/s1. The molecule has 0 saturated carbocycles. The summed E-state index contributed by atoms with van der Waals surface area (Å²) in [6.07, 6.45) is -0.766. The molecule has 0 saturated heterocycles. The summed E-state index contributed by atoms with van der Waals surface area (Å²) in [5.74, 6) is 0.172. The third kappa shape index (κ3) is 4.50. The molecule has 0 fully saturated rings. The molecule has 0 radical (unpaired) electrons. The first-order valence-corrected chi connectivity index (χ1v) is 7.90. The smallest absolute Gasteiger partial charge is 0.279 e. The van der Waals surface area contributed by atoms with Gasteiger partial charge in [0.15, 0.2) is 6.10 Å². The first kappa shape index (κ1) is 18.3. The number of aryl methyl sites for hydroxylation is 2. The summed E-state index contributed by atoms with van der Waals surface area (Å²) in [5, 5.41) is 0. The molecule has 132 valence electrons. The predicted molar refractivity (Wildman–Crippen MR) is 94.6 cm³/mol. The van der Waals surface area contributed by atoms with Crippen molar-refractivity contribution in [1.29, 1.82) is 0 Å². The molecule has 0 bridgehead atoms. The molecule has 2 aromatic rings. The van der Waals surface area contributed by atoms with E-state index in [0.717, 1.165) is 11.1 Å². The Balaban J connectivity index is 1.96. The van der Waals surface area contributed by atoms with E-state index in [2.05, 4.69) is 10.9 Å². The number of benzene rings is 2. The number of nitrogens with one attached hydrogen (secondary N) is 2. The van der Waals surface area contributed by atoms with E-state index in [4.69, 9.17) is 9.47 Å². The van der Waals surface area contributed by atoms with Crippen molar-refractivity contribution in [3.63, 3.8) is 0 Å². The number of amides is 2. The fraction of sp³-hybridized carbons (Fsp3) is 0.263. The van der Waals surface area contributed by atoms with Crippen LogP contribution in [0, 0.1) is 13.8 Å². The Kier molecular flexibility index (Phi) is 6.00. The van der Waals surface area contributed by atoms with Gasteiger partial charge in [-0.1, -0.05) is 30.3 Å². The summed E-state index contributed by atoms with van der Waals surface area (Å²) < 4.78 is 10.9. The largest absolute Gasteiger partial charge is 0.496 e. The summed E-state index contributed by atoms with van der Waals surface area (Å²) >= 11 is 0. The minimum Gasteiger partial charge on any atom is -0.496 e. The number of hydrogen-bond acceptors (Lipinski definition) is 4. The van der Waals surface area contributed by atoms with Crippen molar-refractivity contribution in [3.05, 3.63) is 59.2 Å². The molecule has 0 heterocycles. The van der Waals surface area contributed by atoms with Crippen molar-refractivity contribution in [1.82, 2.24) is 10.9 Å². The fourth-order valence-electron chi connectivity index (χ4n) is 2.33. The van der Waals surface area contributed by atoms with Crippen molar-refractivity contribution in [2.75, 3.05) is 7.11 Å². The maximum atomic E-state index is 12.2. The highest BCUT2D eigenvalue weighted by Gasteiger charge is 2.18. The van der Waals surface area contributed by atoms with Gasteiger partial charge in [0.2, 0.25) is 0 Å². The van der Waals surface area contributed by atoms with Gasteiger partial charge in [-0.3, -0.25) is 20.4 Å². The number of carbonyl (C=O) groups is 2. The van der Waals surface area contributed by atoms with Crippen LogP contribution in [-0.2, 0) is 4.79 Å². The third-order valence-corrected chi connectivity index (χ3v) is 3.72. The van der Waals surface area contributed by atoms with Crippen molar-refractivity contribution in [2.24, 2.45) is 0 Å². The minimum atomic E-state index is -0.766. The lowest BCUT2D eigenvalue weighted by Gasteiger charge is -2.18. The molecule has 2 N–H and O–H groups in total. The highest BCUT2D eigenvalue weighted by molar-refractivity contribution is 5.98. The lowest BCUT2D eigenvalue weighted by Crippen LogP contribution is -2.47. The van der Waals surface area contributed by atoms with E-state index in [1.807, 2.05) is 32.0 Å². The fourth-order valence-corrected chi connectivity index (χ4v) is 2.33. The van der Waals surface area contributed by atoms with Gasteiger partial charge in [0, 0.05) is 0 Å². The van der Waals surface area contributed by atoms with Gasteiger partial charge in [-0.05, 0) is 44.0 Å². The minimum absolute atomic E-state index is 0.327. The Morgan fingerprint density at radius 3 is 2.24 bits per heavy atom. The van der Waals surface area contributed by atoms with E-state index in [0.29, 0.717) is 17.1 Å². The average molecular weight is 342 g/mol. The van der Waals surface area contributed by atoms with Gasteiger partial charge in [0.25, 0.3) is 11.8 Å². The topological polar surface area (TPSA) is 76.7 Å². The number of carbonyl (C=O) groups excluding carboxylic acids is 2. The molecule has 1 atom stereocenters. The highest BCUT2D eigenvalue weighted by atomic mass is 16.5. The Morgan fingerprint density at radius 2 is 1.60 bits per heavy atom. The van der Waals surface area contributed by atoms with Crippen molar-refractivity contribution >= 4 is 11.8 Å². The van der Waals surface area contributed by atoms with Crippen LogP contribution in [0.5, 0.6) is 11.5 Å². The Bertz CT molecular complexity index is 754. The van der Waals surface area contributed by atoms with Gasteiger partial charge in [0.05, 0.1) is 12.7 Å². The third-order valence-electron chi connectivity index (χ3n) is 3.72. The van der Waals surface area contributed by atoms with Gasteiger partial charge in [0.1, 0.15) is 11.5 Å². The van der Waals surface area contributed by atoms with E-state index < -0.39 is 17.9 Å². The SMILES string of the molecule is COc1ccccc1C(=O)NNC(=O)[C@@H](C)Oc1c(C)cccc1C. The van der Waals surface area contributed by atoms with Gasteiger partial charge in [-0.25, -0.2) is 0 Å². The Morgan fingerprint density at radius 1 is 0.960 bits per heavy atom. The van der Waals surface area contributed by atoms with Crippen LogP contribution >= 0.6 is 0 Å². The normalized spacial score (nSPS) is 11.4. The second kappa shape index (κ2) is 8.19. The van der Waals surface area contributed by atoms with E-state index in [9.17, 15) is 9.59 Å². The number of para-hydroxylation sites is 2. The molecule has 2 aromatic carbocycles. The molecule has 25 heavy (non-hydrogen) atoms. The summed E-state index contributed by atoms with van der Waals surface area (Å²) in [7, 11) is 1.48. The van der Waals surface area contributed by atoms with Crippen molar-refractivity contribution < 1.29 is 19.1 Å². The molecule has 0 aliphatic rings. The summed E-state index contributed by atoms with van der Waals surface area (Å²) in [6.45, 7) is 5.45. The number of rotatable bonds is 5. The molecule has 2 rings (SSSR count). The summed E-state index contributed by atoms with van der Waals surface area (Å²) in [5.41, 5.74) is 6.96. The quantitative estimate of drug-likeness (QED) is 0.819. The van der Waals surface area contributed by atoms with Crippen molar-refractivity contribution in [3.8, 4) is 11.5 Å². The molecule has 0 spiro atoms. The van der Waals surface area contributed by atoms with Gasteiger partial charge in [-0.15, -0.1) is 0 Å². The van der Waals surface area contributed by atoms with E-state index in [1.165, 1.54) is 7.11 Å². The predicted octanol–water partition coefficient (Wildman–Crippen LogP) is 2.54. The number of hydrazine groups is 1. The summed E-state index contributed by atoms with van der Waals surface area (Å²) in [6, 6.07) is 12.5. The zero-order valence-electron chi connectivity index (χ0n) is 14.8. The first-order chi connectivity index (χ1) is 11.9. The Hall–Kier alpha value is -3.02. The molecular weight excluding hydrogens is 320 g/mol. The van der Waals surface area contributed by atoms with Gasteiger partial charge in [-0.2, -0.15) is 0 Å². The summed E-state index contributed by atoms with van der Waals surface area (Å²) in [4.78, 5) is 24.3. The lowest BCUT2D eigenvalue weighted by atomic mass is 10.1. The zero-order chi connectivity index (χ0) is 18.4. The zero-order valence-corrected chi connectivity index (χ0v) is 14.8. The van der Waals surface area contributed by atoms with E-state index >= 15 is 0 Å². The second-order valence-electron chi connectivity index (χ2n) is 5.62.